The lowest BCUT2D eigenvalue weighted by Crippen LogP contribution is -2.33. The number of benzene rings is 1. The summed E-state index contributed by atoms with van der Waals surface area (Å²) in [5, 5.41) is 12.9. The highest BCUT2D eigenvalue weighted by Crippen LogP contribution is 2.26. The van der Waals surface area contributed by atoms with Crippen molar-refractivity contribution < 1.29 is 4.79 Å². The van der Waals surface area contributed by atoms with E-state index in [0.717, 1.165) is 30.2 Å². The monoisotopic (exact) mass is 401 g/mol. The van der Waals surface area contributed by atoms with Crippen LogP contribution in [0.25, 0.3) is 0 Å². The number of aromatic nitrogens is 3. The smallest absolute Gasteiger partial charge is 0.230 e. The van der Waals surface area contributed by atoms with Crippen LogP contribution in [0.2, 0.25) is 0 Å². The van der Waals surface area contributed by atoms with E-state index in [1.54, 1.807) is 0 Å². The lowest BCUT2D eigenvalue weighted by molar-refractivity contribution is -0.119. The zero-order valence-corrected chi connectivity index (χ0v) is 17.9. The van der Waals surface area contributed by atoms with E-state index in [9.17, 15) is 4.79 Å². The van der Waals surface area contributed by atoms with E-state index < -0.39 is 0 Å². The molecule has 1 amide bonds. The molecule has 0 radical (unpaired) electrons. The zero-order valence-electron chi connectivity index (χ0n) is 17.1. The molecule has 1 fully saturated rings. The summed E-state index contributed by atoms with van der Waals surface area (Å²) in [6.45, 7) is 2.87. The Kier molecular flexibility index (Phi) is 7.50. The summed E-state index contributed by atoms with van der Waals surface area (Å²) in [6, 6.07) is 10.9. The minimum atomic E-state index is 0.0902. The predicted molar refractivity (Wildman–Crippen MR) is 113 cm³/mol. The molecule has 152 valence electrons. The number of thioether (sulfide) groups is 1. The van der Waals surface area contributed by atoms with Gasteiger partial charge in [0.15, 0.2) is 11.0 Å². The number of nitrogens with one attached hydrogen (secondary N) is 1. The second-order valence-electron chi connectivity index (χ2n) is 7.64. The van der Waals surface area contributed by atoms with Crippen LogP contribution in [0.15, 0.2) is 35.5 Å². The fraction of sp³-hybridized carbons (Fsp3) is 0.571. The van der Waals surface area contributed by atoms with Crippen molar-refractivity contribution in [3.8, 4) is 0 Å². The van der Waals surface area contributed by atoms with Crippen molar-refractivity contribution in [2.24, 2.45) is 0 Å². The molecule has 7 heteroatoms. The SMILES string of the molecule is CC[C@H](c1nnc(SCC(=O)NC2CCCC2)n1Cc1ccccc1)N(C)C. The van der Waals surface area contributed by atoms with E-state index >= 15 is 0 Å². The Bertz CT molecular complexity index is 755. The molecule has 1 atom stereocenters. The van der Waals surface area contributed by atoms with Crippen molar-refractivity contribution in [1.82, 2.24) is 25.0 Å². The quantitative estimate of drug-likeness (QED) is 0.652. The summed E-state index contributed by atoms with van der Waals surface area (Å²) in [5.41, 5.74) is 1.20. The van der Waals surface area contributed by atoms with Crippen molar-refractivity contribution in [1.29, 1.82) is 0 Å². The molecule has 6 nitrogen and oxygen atoms in total. The summed E-state index contributed by atoms with van der Waals surface area (Å²) in [7, 11) is 4.13. The summed E-state index contributed by atoms with van der Waals surface area (Å²) >= 11 is 1.48. The fourth-order valence-electron chi connectivity index (χ4n) is 3.82. The Morgan fingerprint density at radius 2 is 1.96 bits per heavy atom. The lowest BCUT2D eigenvalue weighted by Gasteiger charge is -2.23. The molecule has 0 aliphatic heterocycles. The number of nitrogens with zero attached hydrogens (tertiary/aromatic N) is 4. The Hall–Kier alpha value is -1.86. The van der Waals surface area contributed by atoms with Gasteiger partial charge in [0.25, 0.3) is 0 Å². The normalized spacial score (nSPS) is 15.9. The van der Waals surface area contributed by atoms with Crippen molar-refractivity contribution in [3.63, 3.8) is 0 Å². The Morgan fingerprint density at radius 1 is 1.25 bits per heavy atom. The van der Waals surface area contributed by atoms with Gasteiger partial charge in [0.05, 0.1) is 18.3 Å². The maximum Gasteiger partial charge on any atom is 0.230 e. The fourth-order valence-corrected chi connectivity index (χ4v) is 4.57. The molecule has 28 heavy (non-hydrogen) atoms. The first-order chi connectivity index (χ1) is 13.6. The summed E-state index contributed by atoms with van der Waals surface area (Å²) in [5.74, 6) is 1.42. The van der Waals surface area contributed by atoms with Gasteiger partial charge < -0.3 is 9.88 Å². The van der Waals surface area contributed by atoms with Gasteiger partial charge in [-0.05, 0) is 38.9 Å². The van der Waals surface area contributed by atoms with Gasteiger partial charge in [-0.2, -0.15) is 0 Å². The molecule has 1 saturated carbocycles. The van der Waals surface area contributed by atoms with Crippen LogP contribution < -0.4 is 5.32 Å². The van der Waals surface area contributed by atoms with E-state index in [1.807, 2.05) is 18.2 Å². The maximum absolute atomic E-state index is 12.3. The second-order valence-corrected chi connectivity index (χ2v) is 8.58. The number of amides is 1. The highest BCUT2D eigenvalue weighted by molar-refractivity contribution is 7.99. The molecule has 0 bridgehead atoms. The van der Waals surface area contributed by atoms with Gasteiger partial charge in [-0.1, -0.05) is 61.9 Å². The molecule has 3 rings (SSSR count). The zero-order chi connectivity index (χ0) is 19.9. The first-order valence-corrected chi connectivity index (χ1v) is 11.1. The van der Waals surface area contributed by atoms with Crippen molar-refractivity contribution in [3.05, 3.63) is 41.7 Å². The van der Waals surface area contributed by atoms with Crippen LogP contribution in [-0.2, 0) is 11.3 Å². The number of hydrogen-bond donors (Lipinski definition) is 1. The van der Waals surface area contributed by atoms with Gasteiger partial charge in [0.1, 0.15) is 0 Å². The van der Waals surface area contributed by atoms with Crippen LogP contribution in [0.4, 0.5) is 0 Å². The van der Waals surface area contributed by atoms with E-state index in [2.05, 4.69) is 58.1 Å². The van der Waals surface area contributed by atoms with Crippen LogP contribution >= 0.6 is 11.8 Å². The predicted octanol–water partition coefficient (Wildman–Crippen LogP) is 3.49. The number of rotatable bonds is 9. The van der Waals surface area contributed by atoms with Crippen LogP contribution in [0.3, 0.4) is 0 Å². The number of carbonyl (C=O) groups excluding carboxylic acids is 1. The van der Waals surface area contributed by atoms with Gasteiger partial charge in [-0.25, -0.2) is 0 Å². The highest BCUT2D eigenvalue weighted by atomic mass is 32.2. The van der Waals surface area contributed by atoms with Crippen LogP contribution in [0.1, 0.15) is 56.5 Å². The van der Waals surface area contributed by atoms with E-state index in [-0.39, 0.29) is 11.9 Å². The number of hydrogen-bond acceptors (Lipinski definition) is 5. The Morgan fingerprint density at radius 3 is 2.61 bits per heavy atom. The first-order valence-electron chi connectivity index (χ1n) is 10.1. The standard InChI is InChI=1S/C21H31N5OS/c1-4-18(25(2)3)20-23-24-21(26(20)14-16-10-6-5-7-11-16)28-15-19(27)22-17-12-8-9-13-17/h5-7,10-11,17-18H,4,8-9,12-15H2,1-3H3,(H,22,27)/t18-/m1/s1. The molecule has 0 unspecified atom stereocenters. The van der Waals surface area contributed by atoms with Crippen molar-refractivity contribution in [2.75, 3.05) is 19.8 Å². The van der Waals surface area contributed by atoms with Crippen LogP contribution in [-0.4, -0.2) is 51.5 Å². The highest BCUT2D eigenvalue weighted by Gasteiger charge is 2.23. The van der Waals surface area contributed by atoms with Gasteiger partial charge in [-0.15, -0.1) is 10.2 Å². The minimum absolute atomic E-state index is 0.0902. The van der Waals surface area contributed by atoms with Gasteiger partial charge in [-0.3, -0.25) is 9.69 Å². The summed E-state index contributed by atoms with van der Waals surface area (Å²) in [6.07, 6.45) is 5.59. The molecule has 0 spiro atoms. The molecule has 1 aliphatic carbocycles. The van der Waals surface area contributed by atoms with Crippen LogP contribution in [0, 0.1) is 0 Å². The molecule has 1 aromatic heterocycles. The number of carbonyl (C=O) groups is 1. The van der Waals surface area contributed by atoms with Crippen molar-refractivity contribution >= 4 is 17.7 Å². The third-order valence-corrected chi connectivity index (χ3v) is 6.26. The third-order valence-electron chi connectivity index (χ3n) is 5.29. The largest absolute Gasteiger partial charge is 0.353 e. The van der Waals surface area contributed by atoms with Gasteiger partial charge in [0, 0.05) is 6.04 Å². The maximum atomic E-state index is 12.3. The first kappa shape index (κ1) is 20.9. The second kappa shape index (κ2) is 10.1. The van der Waals surface area contributed by atoms with E-state index in [0.29, 0.717) is 18.3 Å². The summed E-state index contributed by atoms with van der Waals surface area (Å²) < 4.78 is 2.16. The van der Waals surface area contributed by atoms with E-state index in [1.165, 1.54) is 30.2 Å². The molecule has 1 N–H and O–H groups in total. The molecule has 0 saturated heterocycles. The lowest BCUT2D eigenvalue weighted by atomic mass is 10.2. The topological polar surface area (TPSA) is 63.1 Å². The molecule has 1 aliphatic rings. The Labute approximate surface area is 172 Å². The average Bonchev–Trinajstić information content (AvgIpc) is 3.32. The molecule has 1 heterocycles. The van der Waals surface area contributed by atoms with Gasteiger partial charge >= 0.3 is 0 Å². The van der Waals surface area contributed by atoms with E-state index in [4.69, 9.17) is 0 Å². The third kappa shape index (κ3) is 5.35. The molecule has 2 aromatic rings. The molecule has 1 aromatic carbocycles. The van der Waals surface area contributed by atoms with Gasteiger partial charge in [0.2, 0.25) is 5.91 Å². The Balaban J connectivity index is 1.75. The van der Waals surface area contributed by atoms with Crippen LogP contribution in [0.5, 0.6) is 0 Å². The minimum Gasteiger partial charge on any atom is -0.353 e. The molecular weight excluding hydrogens is 370 g/mol. The molecular formula is C21H31N5OS. The summed E-state index contributed by atoms with van der Waals surface area (Å²) in [4.78, 5) is 14.5. The van der Waals surface area contributed by atoms with Crippen molar-refractivity contribution in [2.45, 2.75) is 62.8 Å². The average molecular weight is 402 g/mol.